The molecule has 1 aromatic carbocycles. The van der Waals surface area contributed by atoms with Gasteiger partial charge < -0.3 is 10.6 Å². The van der Waals surface area contributed by atoms with Crippen LogP contribution in [0.1, 0.15) is 18.4 Å². The van der Waals surface area contributed by atoms with Crippen molar-refractivity contribution in [2.24, 2.45) is 0 Å². The molecule has 1 saturated carbocycles. The molecule has 0 amide bonds. The minimum absolute atomic E-state index is 0.618. The summed E-state index contributed by atoms with van der Waals surface area (Å²) in [6.07, 6.45) is 2.50. The second-order valence-electron chi connectivity index (χ2n) is 3.73. The predicted octanol–water partition coefficient (Wildman–Crippen LogP) is 2.58. The SMILES string of the molecule is S=C(NCc1cccc(Br)c1)NC1CC1. The number of rotatable bonds is 3. The van der Waals surface area contributed by atoms with Crippen molar-refractivity contribution in [1.29, 1.82) is 0 Å². The summed E-state index contributed by atoms with van der Waals surface area (Å²) in [4.78, 5) is 0. The molecule has 1 fully saturated rings. The van der Waals surface area contributed by atoms with Gasteiger partial charge in [0.25, 0.3) is 0 Å². The molecule has 0 aromatic heterocycles. The van der Waals surface area contributed by atoms with Crippen LogP contribution in [0.4, 0.5) is 0 Å². The molecular formula is C11H13BrN2S. The molecule has 0 unspecified atom stereocenters. The molecule has 1 aliphatic rings. The van der Waals surface area contributed by atoms with Crippen molar-refractivity contribution >= 4 is 33.3 Å². The third kappa shape index (κ3) is 3.80. The van der Waals surface area contributed by atoms with Gasteiger partial charge in [-0.05, 0) is 42.8 Å². The van der Waals surface area contributed by atoms with Gasteiger partial charge in [0.05, 0.1) is 0 Å². The molecule has 15 heavy (non-hydrogen) atoms. The molecule has 2 nitrogen and oxygen atoms in total. The smallest absolute Gasteiger partial charge is 0.166 e. The Labute approximate surface area is 104 Å². The molecule has 2 N–H and O–H groups in total. The lowest BCUT2D eigenvalue weighted by molar-refractivity contribution is 0.829. The highest BCUT2D eigenvalue weighted by molar-refractivity contribution is 9.10. The molecule has 2 rings (SSSR count). The fourth-order valence-electron chi connectivity index (χ4n) is 1.29. The summed E-state index contributed by atoms with van der Waals surface area (Å²) in [7, 11) is 0. The van der Waals surface area contributed by atoms with Gasteiger partial charge in [-0.1, -0.05) is 28.1 Å². The lowest BCUT2D eigenvalue weighted by atomic mass is 10.2. The van der Waals surface area contributed by atoms with Gasteiger partial charge in [-0.25, -0.2) is 0 Å². The van der Waals surface area contributed by atoms with E-state index in [4.69, 9.17) is 12.2 Å². The topological polar surface area (TPSA) is 24.1 Å². The minimum Gasteiger partial charge on any atom is -0.360 e. The minimum atomic E-state index is 0.618. The Morgan fingerprint density at radius 1 is 1.47 bits per heavy atom. The van der Waals surface area contributed by atoms with Gasteiger partial charge in [0.1, 0.15) is 0 Å². The molecule has 0 spiro atoms. The molecule has 0 heterocycles. The number of halogens is 1. The van der Waals surface area contributed by atoms with Crippen LogP contribution in [-0.4, -0.2) is 11.2 Å². The van der Waals surface area contributed by atoms with Crippen LogP contribution in [-0.2, 0) is 6.54 Å². The number of nitrogens with one attached hydrogen (secondary N) is 2. The zero-order valence-electron chi connectivity index (χ0n) is 8.29. The van der Waals surface area contributed by atoms with Crippen molar-refractivity contribution in [3.8, 4) is 0 Å². The van der Waals surface area contributed by atoms with E-state index >= 15 is 0 Å². The Kier molecular flexibility index (Phi) is 3.59. The van der Waals surface area contributed by atoms with Crippen LogP contribution < -0.4 is 10.6 Å². The first kappa shape index (κ1) is 10.9. The van der Waals surface area contributed by atoms with E-state index in [0.29, 0.717) is 6.04 Å². The highest BCUT2D eigenvalue weighted by Gasteiger charge is 2.21. The Bertz CT molecular complexity index is 363. The van der Waals surface area contributed by atoms with Crippen LogP contribution in [0.2, 0.25) is 0 Å². The maximum atomic E-state index is 5.17. The Balaban J connectivity index is 1.78. The lowest BCUT2D eigenvalue weighted by Gasteiger charge is -2.09. The monoisotopic (exact) mass is 284 g/mol. The summed E-state index contributed by atoms with van der Waals surface area (Å²) in [5, 5.41) is 7.21. The molecule has 1 aliphatic carbocycles. The van der Waals surface area contributed by atoms with Crippen molar-refractivity contribution in [2.45, 2.75) is 25.4 Å². The van der Waals surface area contributed by atoms with Crippen LogP contribution in [0.15, 0.2) is 28.7 Å². The molecule has 0 atom stereocenters. The van der Waals surface area contributed by atoms with Crippen LogP contribution >= 0.6 is 28.1 Å². The highest BCUT2D eigenvalue weighted by Crippen LogP contribution is 2.18. The molecule has 0 bridgehead atoms. The summed E-state index contributed by atoms with van der Waals surface area (Å²) < 4.78 is 1.10. The molecule has 0 aliphatic heterocycles. The third-order valence-electron chi connectivity index (χ3n) is 2.25. The van der Waals surface area contributed by atoms with E-state index in [9.17, 15) is 0 Å². The molecule has 1 aromatic rings. The van der Waals surface area contributed by atoms with Crippen LogP contribution in [0.3, 0.4) is 0 Å². The van der Waals surface area contributed by atoms with Gasteiger partial charge in [0.2, 0.25) is 0 Å². The summed E-state index contributed by atoms with van der Waals surface area (Å²) in [5.74, 6) is 0. The molecule has 0 radical (unpaired) electrons. The fourth-order valence-corrected chi connectivity index (χ4v) is 1.98. The van der Waals surface area contributed by atoms with E-state index in [1.807, 2.05) is 12.1 Å². The van der Waals surface area contributed by atoms with Gasteiger partial charge >= 0.3 is 0 Å². The molecule has 4 heteroatoms. The lowest BCUT2D eigenvalue weighted by Crippen LogP contribution is -2.36. The van der Waals surface area contributed by atoms with Gasteiger partial charge in [-0.2, -0.15) is 0 Å². The van der Waals surface area contributed by atoms with E-state index in [0.717, 1.165) is 16.1 Å². The number of hydrogen-bond donors (Lipinski definition) is 2. The molecule has 0 saturated heterocycles. The maximum absolute atomic E-state index is 5.17. The normalized spacial score (nSPS) is 14.7. The summed E-state index contributed by atoms with van der Waals surface area (Å²) >= 11 is 8.61. The van der Waals surface area contributed by atoms with Gasteiger partial charge in [0.15, 0.2) is 5.11 Å². The second-order valence-corrected chi connectivity index (χ2v) is 5.06. The standard InChI is InChI=1S/C11H13BrN2S/c12-9-3-1-2-8(6-9)7-13-11(15)14-10-4-5-10/h1-3,6,10H,4-5,7H2,(H2,13,14,15). The zero-order chi connectivity index (χ0) is 10.7. The van der Waals surface area contributed by atoms with Crippen molar-refractivity contribution in [3.05, 3.63) is 34.3 Å². The fraction of sp³-hybridized carbons (Fsp3) is 0.364. The Hall–Kier alpha value is -0.610. The first-order chi connectivity index (χ1) is 7.24. The average Bonchev–Trinajstić information content (AvgIpc) is 2.99. The van der Waals surface area contributed by atoms with Crippen molar-refractivity contribution in [2.75, 3.05) is 0 Å². The summed E-state index contributed by atoms with van der Waals surface area (Å²) in [5.41, 5.74) is 1.23. The first-order valence-corrected chi connectivity index (χ1v) is 6.23. The number of benzene rings is 1. The van der Waals surface area contributed by atoms with E-state index in [1.54, 1.807) is 0 Å². The van der Waals surface area contributed by atoms with Crippen molar-refractivity contribution < 1.29 is 0 Å². The Morgan fingerprint density at radius 3 is 2.93 bits per heavy atom. The van der Waals surface area contributed by atoms with E-state index in [-0.39, 0.29) is 0 Å². The van der Waals surface area contributed by atoms with Crippen LogP contribution in [0.5, 0.6) is 0 Å². The molecular weight excluding hydrogens is 272 g/mol. The van der Waals surface area contributed by atoms with Gasteiger partial charge in [0, 0.05) is 17.1 Å². The van der Waals surface area contributed by atoms with Gasteiger partial charge in [-0.3, -0.25) is 0 Å². The van der Waals surface area contributed by atoms with Crippen LogP contribution in [0.25, 0.3) is 0 Å². The number of thiocarbonyl (C=S) groups is 1. The predicted molar refractivity (Wildman–Crippen MR) is 69.7 cm³/mol. The summed E-state index contributed by atoms with van der Waals surface area (Å²) in [6, 6.07) is 8.83. The first-order valence-electron chi connectivity index (χ1n) is 5.03. The van der Waals surface area contributed by atoms with E-state index in [1.165, 1.54) is 18.4 Å². The highest BCUT2D eigenvalue weighted by atomic mass is 79.9. The van der Waals surface area contributed by atoms with Crippen molar-refractivity contribution in [1.82, 2.24) is 10.6 Å². The van der Waals surface area contributed by atoms with Gasteiger partial charge in [-0.15, -0.1) is 0 Å². The third-order valence-corrected chi connectivity index (χ3v) is 3.01. The Morgan fingerprint density at radius 2 is 2.27 bits per heavy atom. The summed E-state index contributed by atoms with van der Waals surface area (Å²) in [6.45, 7) is 0.776. The van der Waals surface area contributed by atoms with Crippen LogP contribution in [0, 0.1) is 0 Å². The van der Waals surface area contributed by atoms with E-state index < -0.39 is 0 Å². The average molecular weight is 285 g/mol. The molecule has 80 valence electrons. The largest absolute Gasteiger partial charge is 0.360 e. The zero-order valence-corrected chi connectivity index (χ0v) is 10.7. The number of hydrogen-bond acceptors (Lipinski definition) is 1. The maximum Gasteiger partial charge on any atom is 0.166 e. The quantitative estimate of drug-likeness (QED) is 0.835. The second kappa shape index (κ2) is 4.94. The van der Waals surface area contributed by atoms with E-state index in [2.05, 4.69) is 38.7 Å². The van der Waals surface area contributed by atoms with Crippen molar-refractivity contribution in [3.63, 3.8) is 0 Å².